The molecule has 0 heterocycles. The van der Waals surface area contributed by atoms with Crippen LogP contribution < -0.4 is 15.9 Å². The Bertz CT molecular complexity index is 699. The van der Waals surface area contributed by atoms with Gasteiger partial charge in [-0.3, -0.25) is 4.79 Å². The van der Waals surface area contributed by atoms with Gasteiger partial charge in [0.15, 0.2) is 11.5 Å². The Labute approximate surface area is 128 Å². The predicted molar refractivity (Wildman–Crippen MR) is 85.2 cm³/mol. The Kier molecular flexibility index (Phi) is 4.98. The summed E-state index contributed by atoms with van der Waals surface area (Å²) < 4.78 is 5.27. The lowest BCUT2D eigenvalue weighted by atomic mass is 10.2. The smallest absolute Gasteiger partial charge is 0.273 e. The van der Waals surface area contributed by atoms with Crippen molar-refractivity contribution in [1.82, 2.24) is 5.43 Å². The maximum absolute atomic E-state index is 11.9. The summed E-state index contributed by atoms with van der Waals surface area (Å²) in [5.74, 6) is 0.0309. The molecule has 0 spiro atoms. The lowest BCUT2D eigenvalue weighted by Crippen LogP contribution is -2.18. The minimum atomic E-state index is -0.391. The minimum Gasteiger partial charge on any atom is -0.504 e. The highest BCUT2D eigenvalue weighted by atomic mass is 16.5. The number of nitrogens with two attached hydrogens (primary N) is 1. The Hall–Kier alpha value is -3.02. The monoisotopic (exact) mass is 299 g/mol. The van der Waals surface area contributed by atoms with E-state index in [1.54, 1.807) is 36.4 Å². The van der Waals surface area contributed by atoms with E-state index in [-0.39, 0.29) is 5.75 Å². The van der Waals surface area contributed by atoms with Gasteiger partial charge in [0.1, 0.15) is 0 Å². The predicted octanol–water partition coefficient (Wildman–Crippen LogP) is 2.14. The summed E-state index contributed by atoms with van der Waals surface area (Å²) in [4.78, 5) is 11.9. The van der Waals surface area contributed by atoms with Gasteiger partial charge in [0.2, 0.25) is 0 Å². The van der Waals surface area contributed by atoms with Gasteiger partial charge in [0.05, 0.1) is 18.4 Å². The molecule has 0 atom stereocenters. The number of aromatic hydroxyl groups is 1. The number of hydrazone groups is 1. The number of rotatable bonds is 5. The molecule has 114 valence electrons. The number of phenolic OH excluding ortho intramolecular Hbond substituents is 1. The van der Waals surface area contributed by atoms with E-state index in [1.165, 1.54) is 12.3 Å². The third-order valence-corrected chi connectivity index (χ3v) is 2.87. The molecule has 4 N–H and O–H groups in total. The number of benzene rings is 2. The molecule has 22 heavy (non-hydrogen) atoms. The summed E-state index contributed by atoms with van der Waals surface area (Å²) in [5, 5.41) is 13.5. The van der Waals surface area contributed by atoms with E-state index in [0.29, 0.717) is 29.2 Å². The third-order valence-electron chi connectivity index (χ3n) is 2.87. The van der Waals surface area contributed by atoms with Crippen LogP contribution in [0.1, 0.15) is 22.8 Å². The summed E-state index contributed by atoms with van der Waals surface area (Å²) in [7, 11) is 0. The fraction of sp³-hybridized carbons (Fsp3) is 0.125. The van der Waals surface area contributed by atoms with Crippen molar-refractivity contribution in [3.63, 3.8) is 0 Å². The molecule has 0 bridgehead atoms. The molecule has 0 unspecified atom stereocenters. The first-order valence-electron chi connectivity index (χ1n) is 6.75. The number of amides is 1. The first kappa shape index (κ1) is 15.4. The highest BCUT2D eigenvalue weighted by Crippen LogP contribution is 2.26. The van der Waals surface area contributed by atoms with Crippen LogP contribution in [0.3, 0.4) is 0 Å². The van der Waals surface area contributed by atoms with Gasteiger partial charge in [-0.1, -0.05) is 12.1 Å². The van der Waals surface area contributed by atoms with Crippen molar-refractivity contribution in [2.75, 3.05) is 12.3 Å². The number of hydrogen-bond donors (Lipinski definition) is 3. The van der Waals surface area contributed by atoms with Crippen LogP contribution in [0.25, 0.3) is 0 Å². The SMILES string of the molecule is CCOc1cc(C=NNC(=O)c2ccccc2N)ccc1O. The molecule has 2 aromatic rings. The number of carbonyl (C=O) groups is 1. The van der Waals surface area contributed by atoms with Crippen LogP contribution in [0.2, 0.25) is 0 Å². The average molecular weight is 299 g/mol. The van der Waals surface area contributed by atoms with Gasteiger partial charge in [-0.15, -0.1) is 0 Å². The molecule has 0 aliphatic heterocycles. The van der Waals surface area contributed by atoms with Crippen molar-refractivity contribution in [2.45, 2.75) is 6.92 Å². The van der Waals surface area contributed by atoms with Crippen LogP contribution in [0.15, 0.2) is 47.6 Å². The number of para-hydroxylation sites is 1. The first-order chi connectivity index (χ1) is 10.6. The third kappa shape index (κ3) is 3.76. The highest BCUT2D eigenvalue weighted by molar-refractivity contribution is 5.99. The van der Waals surface area contributed by atoms with Crippen LogP contribution in [-0.2, 0) is 0 Å². The molecule has 1 amide bonds. The Morgan fingerprint density at radius 1 is 1.36 bits per heavy atom. The summed E-state index contributed by atoms with van der Waals surface area (Å²) in [5.41, 5.74) is 9.55. The second kappa shape index (κ2) is 7.12. The summed E-state index contributed by atoms with van der Waals surface area (Å²) in [6, 6.07) is 11.5. The van der Waals surface area contributed by atoms with Crippen LogP contribution in [-0.4, -0.2) is 23.8 Å². The van der Waals surface area contributed by atoms with E-state index < -0.39 is 5.91 Å². The maximum Gasteiger partial charge on any atom is 0.273 e. The lowest BCUT2D eigenvalue weighted by Gasteiger charge is -2.06. The second-order valence-corrected chi connectivity index (χ2v) is 4.45. The van der Waals surface area contributed by atoms with Crippen molar-refractivity contribution >= 4 is 17.8 Å². The molecule has 0 aliphatic carbocycles. The number of nitrogens with zero attached hydrogens (tertiary/aromatic N) is 1. The van der Waals surface area contributed by atoms with Crippen LogP contribution in [0, 0.1) is 0 Å². The van der Waals surface area contributed by atoms with Crippen molar-refractivity contribution in [3.8, 4) is 11.5 Å². The van der Waals surface area contributed by atoms with Crippen LogP contribution in [0.5, 0.6) is 11.5 Å². The second-order valence-electron chi connectivity index (χ2n) is 4.45. The minimum absolute atomic E-state index is 0.0556. The van der Waals surface area contributed by atoms with E-state index in [1.807, 2.05) is 6.92 Å². The quantitative estimate of drug-likeness (QED) is 0.447. The lowest BCUT2D eigenvalue weighted by molar-refractivity contribution is 0.0956. The molecular weight excluding hydrogens is 282 g/mol. The van der Waals surface area contributed by atoms with Gasteiger partial charge in [-0.25, -0.2) is 5.43 Å². The van der Waals surface area contributed by atoms with E-state index >= 15 is 0 Å². The van der Waals surface area contributed by atoms with Gasteiger partial charge in [0.25, 0.3) is 5.91 Å². The molecule has 2 rings (SSSR count). The Morgan fingerprint density at radius 2 is 2.14 bits per heavy atom. The normalized spacial score (nSPS) is 10.6. The number of nitrogen functional groups attached to an aromatic ring is 1. The molecule has 0 fully saturated rings. The highest BCUT2D eigenvalue weighted by Gasteiger charge is 2.07. The van der Waals surface area contributed by atoms with Crippen molar-refractivity contribution in [2.24, 2.45) is 5.10 Å². The van der Waals surface area contributed by atoms with Crippen molar-refractivity contribution in [1.29, 1.82) is 0 Å². The number of hydrogen-bond acceptors (Lipinski definition) is 5. The van der Waals surface area contributed by atoms with Gasteiger partial charge in [-0.05, 0) is 42.8 Å². The van der Waals surface area contributed by atoms with Gasteiger partial charge in [0, 0.05) is 5.69 Å². The van der Waals surface area contributed by atoms with E-state index in [2.05, 4.69) is 10.5 Å². The van der Waals surface area contributed by atoms with Crippen LogP contribution in [0.4, 0.5) is 5.69 Å². The molecule has 6 nitrogen and oxygen atoms in total. The zero-order valence-electron chi connectivity index (χ0n) is 12.1. The van der Waals surface area contributed by atoms with Gasteiger partial charge < -0.3 is 15.6 Å². The number of carbonyl (C=O) groups excluding carboxylic acids is 1. The molecule has 0 radical (unpaired) electrons. The number of phenols is 1. The number of anilines is 1. The summed E-state index contributed by atoms with van der Waals surface area (Å²) in [6.45, 7) is 2.27. The molecule has 2 aromatic carbocycles. The van der Waals surface area contributed by atoms with Crippen LogP contribution >= 0.6 is 0 Å². The van der Waals surface area contributed by atoms with Gasteiger partial charge in [-0.2, -0.15) is 5.10 Å². The number of nitrogens with one attached hydrogen (secondary N) is 1. The standard InChI is InChI=1S/C16H17N3O3/c1-2-22-15-9-11(7-8-14(15)20)10-18-19-16(21)12-5-3-4-6-13(12)17/h3-10,20H,2,17H2,1H3,(H,19,21). The fourth-order valence-corrected chi connectivity index (χ4v) is 1.81. The average Bonchev–Trinajstić information content (AvgIpc) is 2.51. The fourth-order valence-electron chi connectivity index (χ4n) is 1.81. The number of ether oxygens (including phenoxy) is 1. The van der Waals surface area contributed by atoms with E-state index in [4.69, 9.17) is 10.5 Å². The summed E-state index contributed by atoms with van der Waals surface area (Å²) in [6.07, 6.45) is 1.46. The molecule has 0 saturated heterocycles. The molecular formula is C16H17N3O3. The summed E-state index contributed by atoms with van der Waals surface area (Å²) >= 11 is 0. The molecule has 0 aliphatic rings. The zero-order chi connectivity index (χ0) is 15.9. The van der Waals surface area contributed by atoms with Crippen molar-refractivity contribution in [3.05, 3.63) is 53.6 Å². The molecule has 6 heteroatoms. The van der Waals surface area contributed by atoms with Crippen molar-refractivity contribution < 1.29 is 14.6 Å². The molecule has 0 aromatic heterocycles. The largest absolute Gasteiger partial charge is 0.504 e. The van der Waals surface area contributed by atoms with E-state index in [0.717, 1.165) is 0 Å². The van der Waals surface area contributed by atoms with Gasteiger partial charge >= 0.3 is 0 Å². The Morgan fingerprint density at radius 3 is 2.86 bits per heavy atom. The molecule has 0 saturated carbocycles. The zero-order valence-corrected chi connectivity index (χ0v) is 12.1. The van der Waals surface area contributed by atoms with E-state index in [9.17, 15) is 9.90 Å². The Balaban J connectivity index is 2.05. The first-order valence-corrected chi connectivity index (χ1v) is 6.75. The maximum atomic E-state index is 11.9. The topological polar surface area (TPSA) is 96.9 Å².